The highest BCUT2D eigenvalue weighted by Gasteiger charge is 2.45. The fourth-order valence-electron chi connectivity index (χ4n) is 2.84. The monoisotopic (exact) mass is 393 g/mol. The molecule has 0 unspecified atom stereocenters. The Bertz CT molecular complexity index is 1090. The summed E-state index contributed by atoms with van der Waals surface area (Å²) in [5.74, 6) is 0. The van der Waals surface area contributed by atoms with Gasteiger partial charge < -0.3 is 4.74 Å². The average molecular weight is 393 g/mol. The van der Waals surface area contributed by atoms with Gasteiger partial charge in [-0.1, -0.05) is 17.4 Å². The number of hydrogen-bond acceptors (Lipinski definition) is 7. The van der Waals surface area contributed by atoms with Crippen LogP contribution in [0.1, 0.15) is 39.2 Å². The second-order valence-corrected chi connectivity index (χ2v) is 8.85. The molecule has 1 amide bonds. The Balaban J connectivity index is 1.55. The van der Waals surface area contributed by atoms with Crippen molar-refractivity contribution in [2.45, 2.75) is 44.6 Å². The molecular weight excluding hydrogens is 374 g/mol. The van der Waals surface area contributed by atoms with Gasteiger partial charge in [0.25, 0.3) is 0 Å². The fraction of sp³-hybridized carbons (Fsp3) is 0.350. The number of amides is 1. The maximum absolute atomic E-state index is 11.9. The summed E-state index contributed by atoms with van der Waals surface area (Å²) in [5, 5.41) is 12.4. The van der Waals surface area contributed by atoms with E-state index < -0.39 is 11.7 Å². The Hall–Kier alpha value is -3.05. The molecule has 0 spiro atoms. The molecular formula is C20H19N5O2S. The summed E-state index contributed by atoms with van der Waals surface area (Å²) < 4.78 is 6.09. The third-order valence-corrected chi connectivity index (χ3v) is 5.34. The first-order valence-corrected chi connectivity index (χ1v) is 9.74. The highest BCUT2D eigenvalue weighted by Crippen LogP contribution is 2.47. The number of aromatic nitrogens is 3. The Labute approximate surface area is 166 Å². The summed E-state index contributed by atoms with van der Waals surface area (Å²) in [5.41, 5.74) is 2.24. The SMILES string of the molecule is CC(C)(C)OC(=O)Nc1nc2ncc(-c3ccc(C4(C#N)CC4)cn3)cc2s1. The zero-order valence-electron chi connectivity index (χ0n) is 15.8. The number of nitrogens with one attached hydrogen (secondary N) is 1. The standard InChI is InChI=1S/C20H19N5O2S/c1-19(2,3)27-18(26)25-17-24-16-15(28-17)8-12(9-23-16)14-5-4-13(10-22-14)20(11-21)6-7-20/h4-5,8-10H,6-7H2,1-3H3,(H,23,24,25,26). The number of nitrogens with zero attached hydrogens (tertiary/aromatic N) is 4. The van der Waals surface area contributed by atoms with E-state index in [2.05, 4.69) is 26.3 Å². The Kier molecular flexibility index (Phi) is 4.27. The van der Waals surface area contributed by atoms with Gasteiger partial charge in [-0.25, -0.2) is 9.78 Å². The van der Waals surface area contributed by atoms with E-state index in [0.29, 0.717) is 10.8 Å². The van der Waals surface area contributed by atoms with E-state index in [-0.39, 0.29) is 5.41 Å². The van der Waals surface area contributed by atoms with Gasteiger partial charge in [0, 0.05) is 18.0 Å². The summed E-state index contributed by atoms with van der Waals surface area (Å²) in [6, 6.07) is 8.20. The maximum atomic E-state index is 11.9. The van der Waals surface area contributed by atoms with Gasteiger partial charge >= 0.3 is 6.09 Å². The van der Waals surface area contributed by atoms with E-state index in [9.17, 15) is 10.1 Å². The minimum atomic E-state index is -0.575. The van der Waals surface area contributed by atoms with Crippen LogP contribution < -0.4 is 5.32 Å². The van der Waals surface area contributed by atoms with Crippen LogP contribution >= 0.6 is 11.3 Å². The van der Waals surface area contributed by atoms with Crippen molar-refractivity contribution in [2.24, 2.45) is 0 Å². The van der Waals surface area contributed by atoms with Crippen molar-refractivity contribution in [3.8, 4) is 17.3 Å². The number of carbonyl (C=O) groups is 1. The lowest BCUT2D eigenvalue weighted by atomic mass is 9.99. The smallest absolute Gasteiger partial charge is 0.413 e. The number of carbonyl (C=O) groups excluding carboxylic acids is 1. The van der Waals surface area contributed by atoms with Crippen LogP contribution in [0.5, 0.6) is 0 Å². The van der Waals surface area contributed by atoms with E-state index in [1.165, 1.54) is 11.3 Å². The molecule has 1 saturated carbocycles. The van der Waals surface area contributed by atoms with Crippen LogP contribution in [-0.4, -0.2) is 26.6 Å². The number of nitriles is 1. The zero-order valence-corrected chi connectivity index (χ0v) is 16.6. The molecule has 8 heteroatoms. The minimum Gasteiger partial charge on any atom is -0.444 e. The van der Waals surface area contributed by atoms with Crippen molar-refractivity contribution in [3.05, 3.63) is 36.2 Å². The molecule has 0 bridgehead atoms. The lowest BCUT2D eigenvalue weighted by molar-refractivity contribution is 0.0636. The maximum Gasteiger partial charge on any atom is 0.413 e. The molecule has 0 radical (unpaired) electrons. The lowest BCUT2D eigenvalue weighted by Gasteiger charge is -2.18. The Morgan fingerprint density at radius 3 is 2.68 bits per heavy atom. The molecule has 0 atom stereocenters. The number of fused-ring (bicyclic) bond motifs is 1. The zero-order chi connectivity index (χ0) is 19.9. The quantitative estimate of drug-likeness (QED) is 0.695. The molecule has 3 aromatic heterocycles. The van der Waals surface area contributed by atoms with Crippen molar-refractivity contribution < 1.29 is 9.53 Å². The molecule has 1 aliphatic rings. The molecule has 142 valence electrons. The second kappa shape index (κ2) is 6.53. The Morgan fingerprint density at radius 2 is 2.07 bits per heavy atom. The first-order valence-electron chi connectivity index (χ1n) is 8.93. The second-order valence-electron chi connectivity index (χ2n) is 7.82. The molecule has 1 N–H and O–H groups in total. The van der Waals surface area contributed by atoms with Gasteiger partial charge in [-0.15, -0.1) is 0 Å². The molecule has 3 heterocycles. The third-order valence-electron chi connectivity index (χ3n) is 4.43. The van der Waals surface area contributed by atoms with Crippen molar-refractivity contribution in [1.29, 1.82) is 5.26 Å². The summed E-state index contributed by atoms with van der Waals surface area (Å²) in [7, 11) is 0. The number of thiazole rings is 1. The molecule has 0 aliphatic heterocycles. The van der Waals surface area contributed by atoms with E-state index in [1.807, 2.05) is 18.2 Å². The lowest BCUT2D eigenvalue weighted by Crippen LogP contribution is -2.27. The fourth-order valence-corrected chi connectivity index (χ4v) is 3.69. The molecule has 3 aromatic rings. The topological polar surface area (TPSA) is 101 Å². The van der Waals surface area contributed by atoms with Crippen molar-refractivity contribution in [3.63, 3.8) is 0 Å². The molecule has 0 aromatic carbocycles. The first-order chi connectivity index (χ1) is 13.3. The first kappa shape index (κ1) is 18.3. The van der Waals surface area contributed by atoms with E-state index in [4.69, 9.17) is 4.74 Å². The van der Waals surface area contributed by atoms with Crippen molar-refractivity contribution in [1.82, 2.24) is 15.0 Å². The van der Waals surface area contributed by atoms with Gasteiger partial charge in [-0.2, -0.15) is 10.2 Å². The van der Waals surface area contributed by atoms with Crippen LogP contribution in [-0.2, 0) is 10.2 Å². The number of ether oxygens (including phenoxy) is 1. The molecule has 28 heavy (non-hydrogen) atoms. The van der Waals surface area contributed by atoms with E-state index >= 15 is 0 Å². The summed E-state index contributed by atoms with van der Waals surface area (Å²) in [4.78, 5) is 25.1. The third kappa shape index (κ3) is 3.66. The molecule has 0 saturated heterocycles. The van der Waals surface area contributed by atoms with Crippen LogP contribution in [0.15, 0.2) is 30.6 Å². The van der Waals surface area contributed by atoms with Crippen molar-refractivity contribution in [2.75, 3.05) is 5.32 Å². The van der Waals surface area contributed by atoms with Crippen LogP contribution in [0.3, 0.4) is 0 Å². The van der Waals surface area contributed by atoms with Crippen LogP contribution in [0.25, 0.3) is 21.6 Å². The van der Waals surface area contributed by atoms with Gasteiger partial charge in [-0.3, -0.25) is 10.3 Å². The summed E-state index contributed by atoms with van der Waals surface area (Å²) in [6.45, 7) is 5.41. The number of rotatable bonds is 3. The Morgan fingerprint density at radius 1 is 1.29 bits per heavy atom. The minimum absolute atomic E-state index is 0.340. The predicted octanol–water partition coefficient (Wildman–Crippen LogP) is 4.66. The molecule has 7 nitrogen and oxygen atoms in total. The normalized spacial score (nSPS) is 15.1. The largest absolute Gasteiger partial charge is 0.444 e. The van der Waals surface area contributed by atoms with Crippen LogP contribution in [0.4, 0.5) is 9.93 Å². The number of hydrogen-bond donors (Lipinski definition) is 1. The van der Waals surface area contributed by atoms with Crippen LogP contribution in [0, 0.1) is 11.3 Å². The number of anilines is 1. The summed E-state index contributed by atoms with van der Waals surface area (Å²) >= 11 is 1.33. The van der Waals surface area contributed by atoms with Crippen molar-refractivity contribution >= 4 is 32.9 Å². The van der Waals surface area contributed by atoms with Crippen LogP contribution in [0.2, 0.25) is 0 Å². The van der Waals surface area contributed by atoms with Gasteiger partial charge in [0.2, 0.25) is 0 Å². The predicted molar refractivity (Wildman–Crippen MR) is 107 cm³/mol. The van der Waals surface area contributed by atoms with Gasteiger partial charge in [-0.05, 0) is 51.3 Å². The highest BCUT2D eigenvalue weighted by molar-refractivity contribution is 7.22. The highest BCUT2D eigenvalue weighted by atomic mass is 32.1. The molecule has 1 fully saturated rings. The molecule has 4 rings (SSSR count). The van der Waals surface area contributed by atoms with E-state index in [0.717, 1.165) is 34.4 Å². The molecule has 1 aliphatic carbocycles. The van der Waals surface area contributed by atoms with Gasteiger partial charge in [0.15, 0.2) is 10.8 Å². The van der Waals surface area contributed by atoms with E-state index in [1.54, 1.807) is 33.2 Å². The number of pyridine rings is 2. The van der Waals surface area contributed by atoms with Gasteiger partial charge in [0.05, 0.1) is 21.9 Å². The van der Waals surface area contributed by atoms with Gasteiger partial charge in [0.1, 0.15) is 5.60 Å². The summed E-state index contributed by atoms with van der Waals surface area (Å²) in [6.07, 6.45) is 4.73. The average Bonchev–Trinajstić information content (AvgIpc) is 3.34.